The SMILES string of the molecule is CCC/C=C\C/C=C\CCCCCCCC(=O)OCCCCCCCCCCCCCCCCCCCCCCCCCCCCC(=O)NC(CO)C(O)/C=C/CCCCCCCCCCCCCCCCCCCC. The van der Waals surface area contributed by atoms with Crippen LogP contribution < -0.4 is 5.32 Å². The van der Waals surface area contributed by atoms with Gasteiger partial charge in [0.15, 0.2) is 0 Å². The smallest absolute Gasteiger partial charge is 0.305 e. The third-order valence-corrected chi connectivity index (χ3v) is 15.9. The van der Waals surface area contributed by atoms with Gasteiger partial charge >= 0.3 is 5.97 Å². The van der Waals surface area contributed by atoms with E-state index >= 15 is 0 Å². The zero-order valence-corrected chi connectivity index (χ0v) is 51.3. The fourth-order valence-corrected chi connectivity index (χ4v) is 10.7. The third kappa shape index (κ3) is 61.3. The standard InChI is InChI=1S/C70H133NO5/c1-3-5-7-9-11-13-15-17-18-19-20-29-32-35-39-42-46-50-54-58-62-68(73)67(66-72)71-69(74)63-59-55-51-47-43-40-36-33-30-27-25-23-21-22-24-26-28-31-34-37-41-45-49-53-57-61-65-76-70(75)64-60-56-52-48-44-38-16-14-12-10-8-6-4-2/h8,10,14,16,58,62,67-68,72-73H,3-7,9,11-13,15,17-57,59-61,63-66H2,1-2H3,(H,71,74)/b10-8-,16-14-,62-58+. The van der Waals surface area contributed by atoms with Crippen molar-refractivity contribution in [3.8, 4) is 0 Å². The van der Waals surface area contributed by atoms with Gasteiger partial charge in [-0.15, -0.1) is 0 Å². The molecule has 0 aromatic rings. The van der Waals surface area contributed by atoms with Gasteiger partial charge in [0, 0.05) is 12.8 Å². The van der Waals surface area contributed by atoms with Crippen LogP contribution in [0.5, 0.6) is 0 Å². The molecule has 0 fully saturated rings. The van der Waals surface area contributed by atoms with Gasteiger partial charge < -0.3 is 20.3 Å². The number of aliphatic hydroxyl groups excluding tert-OH is 2. The number of hydrogen-bond acceptors (Lipinski definition) is 5. The van der Waals surface area contributed by atoms with E-state index in [4.69, 9.17) is 4.74 Å². The third-order valence-electron chi connectivity index (χ3n) is 15.9. The molecule has 0 aliphatic carbocycles. The lowest BCUT2D eigenvalue weighted by Gasteiger charge is -2.20. The van der Waals surface area contributed by atoms with Gasteiger partial charge in [0.25, 0.3) is 0 Å². The molecule has 2 unspecified atom stereocenters. The summed E-state index contributed by atoms with van der Waals surface area (Å²) < 4.78 is 5.47. The van der Waals surface area contributed by atoms with Crippen molar-refractivity contribution in [3.63, 3.8) is 0 Å². The first-order valence-electron chi connectivity index (χ1n) is 34.3. The van der Waals surface area contributed by atoms with Gasteiger partial charge in [0.2, 0.25) is 5.91 Å². The number of esters is 1. The van der Waals surface area contributed by atoms with Crippen molar-refractivity contribution >= 4 is 11.9 Å². The van der Waals surface area contributed by atoms with Crippen LogP contribution in [0.1, 0.15) is 373 Å². The fourth-order valence-electron chi connectivity index (χ4n) is 10.7. The molecule has 0 aromatic carbocycles. The highest BCUT2D eigenvalue weighted by molar-refractivity contribution is 5.76. The van der Waals surface area contributed by atoms with E-state index in [1.54, 1.807) is 6.08 Å². The summed E-state index contributed by atoms with van der Waals surface area (Å²) in [4.78, 5) is 24.5. The van der Waals surface area contributed by atoms with Crippen molar-refractivity contribution in [2.45, 2.75) is 386 Å². The molecule has 0 rings (SSSR count). The van der Waals surface area contributed by atoms with Gasteiger partial charge in [0.1, 0.15) is 0 Å². The lowest BCUT2D eigenvalue weighted by atomic mass is 10.0. The lowest BCUT2D eigenvalue weighted by molar-refractivity contribution is -0.143. The molecule has 0 radical (unpaired) electrons. The van der Waals surface area contributed by atoms with Gasteiger partial charge in [-0.1, -0.05) is 339 Å². The summed E-state index contributed by atoms with van der Waals surface area (Å²) in [6.07, 6.45) is 83.6. The Balaban J connectivity index is 3.39. The molecule has 6 nitrogen and oxygen atoms in total. The van der Waals surface area contributed by atoms with Crippen molar-refractivity contribution in [3.05, 3.63) is 36.5 Å². The second-order valence-electron chi connectivity index (χ2n) is 23.5. The highest BCUT2D eigenvalue weighted by Gasteiger charge is 2.18. The molecule has 0 saturated heterocycles. The topological polar surface area (TPSA) is 95.9 Å². The zero-order valence-electron chi connectivity index (χ0n) is 51.3. The normalized spacial score (nSPS) is 12.7. The molecule has 2 atom stereocenters. The highest BCUT2D eigenvalue weighted by atomic mass is 16.5. The predicted octanol–water partition coefficient (Wildman–Crippen LogP) is 21.9. The summed E-state index contributed by atoms with van der Waals surface area (Å²) >= 11 is 0. The number of ether oxygens (including phenoxy) is 1. The van der Waals surface area contributed by atoms with Crippen LogP contribution >= 0.6 is 0 Å². The molecule has 0 spiro atoms. The summed E-state index contributed by atoms with van der Waals surface area (Å²) in [6.45, 7) is 4.87. The molecule has 0 aliphatic heterocycles. The van der Waals surface area contributed by atoms with Gasteiger partial charge in [-0.3, -0.25) is 9.59 Å². The lowest BCUT2D eigenvalue weighted by Crippen LogP contribution is -2.45. The van der Waals surface area contributed by atoms with Crippen LogP contribution in [0.4, 0.5) is 0 Å². The highest BCUT2D eigenvalue weighted by Crippen LogP contribution is 2.19. The second kappa shape index (κ2) is 65.6. The minimum Gasteiger partial charge on any atom is -0.466 e. The average Bonchev–Trinajstić information content (AvgIpc) is 3.42. The summed E-state index contributed by atoms with van der Waals surface area (Å²) in [5.41, 5.74) is 0. The van der Waals surface area contributed by atoms with E-state index in [1.165, 1.54) is 295 Å². The van der Waals surface area contributed by atoms with Crippen molar-refractivity contribution in [2.24, 2.45) is 0 Å². The molecular formula is C70H133NO5. The number of hydrogen-bond donors (Lipinski definition) is 3. The van der Waals surface area contributed by atoms with E-state index < -0.39 is 12.1 Å². The first-order valence-corrected chi connectivity index (χ1v) is 34.3. The van der Waals surface area contributed by atoms with E-state index in [2.05, 4.69) is 43.5 Å². The van der Waals surface area contributed by atoms with Crippen LogP contribution in [0.15, 0.2) is 36.5 Å². The Labute approximate surface area is 474 Å². The summed E-state index contributed by atoms with van der Waals surface area (Å²) in [6, 6.07) is -0.627. The number of amides is 1. The quantitative estimate of drug-likeness (QED) is 0.0320. The van der Waals surface area contributed by atoms with Crippen LogP contribution in [0.3, 0.4) is 0 Å². The van der Waals surface area contributed by atoms with Crippen LogP contribution in [-0.2, 0) is 14.3 Å². The summed E-state index contributed by atoms with van der Waals surface area (Å²) in [5, 5.41) is 23.2. The Bertz CT molecular complexity index is 1230. The molecule has 0 saturated carbocycles. The molecule has 0 bridgehead atoms. The molecule has 0 aliphatic rings. The van der Waals surface area contributed by atoms with Gasteiger partial charge in [-0.25, -0.2) is 0 Å². The summed E-state index contributed by atoms with van der Waals surface area (Å²) in [7, 11) is 0. The zero-order chi connectivity index (χ0) is 55.0. The average molecular weight is 1070 g/mol. The van der Waals surface area contributed by atoms with Crippen LogP contribution in [-0.4, -0.2) is 47.4 Å². The van der Waals surface area contributed by atoms with Crippen molar-refractivity contribution in [1.82, 2.24) is 5.32 Å². The van der Waals surface area contributed by atoms with E-state index in [9.17, 15) is 19.8 Å². The minimum absolute atomic E-state index is 0.00176. The Morgan fingerprint density at radius 3 is 1.05 bits per heavy atom. The molecule has 6 heteroatoms. The monoisotopic (exact) mass is 1070 g/mol. The minimum atomic E-state index is -0.844. The summed E-state index contributed by atoms with van der Waals surface area (Å²) in [5.74, 6) is -0.0608. The van der Waals surface area contributed by atoms with Crippen LogP contribution in [0.2, 0.25) is 0 Å². The first-order chi connectivity index (χ1) is 37.5. The molecule has 3 N–H and O–H groups in total. The van der Waals surface area contributed by atoms with Crippen molar-refractivity contribution < 1.29 is 24.5 Å². The van der Waals surface area contributed by atoms with E-state index in [0.29, 0.717) is 19.4 Å². The predicted molar refractivity (Wildman–Crippen MR) is 333 cm³/mol. The van der Waals surface area contributed by atoms with Gasteiger partial charge in [-0.05, 0) is 57.8 Å². The number of carbonyl (C=O) groups is 2. The van der Waals surface area contributed by atoms with Crippen molar-refractivity contribution in [2.75, 3.05) is 13.2 Å². The number of carbonyl (C=O) groups excluding carboxylic acids is 2. The molecule has 1 amide bonds. The van der Waals surface area contributed by atoms with Crippen LogP contribution in [0.25, 0.3) is 0 Å². The fraction of sp³-hybridized carbons (Fsp3) is 0.886. The van der Waals surface area contributed by atoms with E-state index in [-0.39, 0.29) is 18.5 Å². The molecule has 0 heterocycles. The molecule has 76 heavy (non-hydrogen) atoms. The molecule has 0 aromatic heterocycles. The Morgan fingerprint density at radius 1 is 0.368 bits per heavy atom. The van der Waals surface area contributed by atoms with Crippen LogP contribution in [0, 0.1) is 0 Å². The maximum Gasteiger partial charge on any atom is 0.305 e. The van der Waals surface area contributed by atoms with E-state index in [0.717, 1.165) is 51.4 Å². The van der Waals surface area contributed by atoms with Gasteiger partial charge in [0.05, 0.1) is 25.4 Å². The number of allylic oxidation sites excluding steroid dienone is 5. The Morgan fingerprint density at radius 2 is 0.684 bits per heavy atom. The van der Waals surface area contributed by atoms with Crippen molar-refractivity contribution in [1.29, 1.82) is 0 Å². The number of rotatable bonds is 64. The Kier molecular flexibility index (Phi) is 63.9. The largest absolute Gasteiger partial charge is 0.466 e. The molecule has 448 valence electrons. The first kappa shape index (κ1) is 74.1. The maximum atomic E-state index is 12.5. The number of aliphatic hydroxyl groups is 2. The number of unbranched alkanes of at least 4 members (excludes halogenated alkanes) is 49. The van der Waals surface area contributed by atoms with Gasteiger partial charge in [-0.2, -0.15) is 0 Å². The second-order valence-corrected chi connectivity index (χ2v) is 23.5. The number of nitrogens with one attached hydrogen (secondary N) is 1. The Hall–Kier alpha value is -1.92. The maximum absolute atomic E-state index is 12.5. The van der Waals surface area contributed by atoms with E-state index in [1.807, 2.05) is 6.08 Å². The molecular weight excluding hydrogens is 935 g/mol.